The van der Waals surface area contributed by atoms with E-state index in [0.29, 0.717) is 17.8 Å². The first-order valence-corrected chi connectivity index (χ1v) is 7.26. The highest BCUT2D eigenvalue weighted by molar-refractivity contribution is 5.83. The molecule has 19 heavy (non-hydrogen) atoms. The van der Waals surface area contributed by atoms with Crippen LogP contribution in [-0.4, -0.2) is 12.5 Å². The first kappa shape index (κ1) is 15.7. The summed E-state index contributed by atoms with van der Waals surface area (Å²) < 4.78 is 0. The maximum absolute atomic E-state index is 12.2. The summed E-state index contributed by atoms with van der Waals surface area (Å²) in [4.78, 5) is 12.2. The van der Waals surface area contributed by atoms with E-state index in [-0.39, 0.29) is 11.8 Å². The van der Waals surface area contributed by atoms with Crippen molar-refractivity contribution in [3.05, 3.63) is 35.9 Å². The van der Waals surface area contributed by atoms with E-state index in [1.54, 1.807) is 0 Å². The summed E-state index contributed by atoms with van der Waals surface area (Å²) in [6.07, 6.45) is 0. The number of carbonyl (C=O) groups excluding carboxylic acids is 1. The second-order valence-corrected chi connectivity index (χ2v) is 6.03. The maximum atomic E-state index is 12.2. The first-order valence-electron chi connectivity index (χ1n) is 7.26. The lowest BCUT2D eigenvalue weighted by Gasteiger charge is -2.25. The number of amides is 1. The van der Waals surface area contributed by atoms with Crippen molar-refractivity contribution in [2.24, 2.45) is 17.8 Å². The van der Waals surface area contributed by atoms with E-state index >= 15 is 0 Å². The van der Waals surface area contributed by atoms with Gasteiger partial charge < -0.3 is 5.32 Å². The molecule has 0 radical (unpaired) electrons. The van der Waals surface area contributed by atoms with Crippen molar-refractivity contribution in [1.29, 1.82) is 0 Å². The van der Waals surface area contributed by atoms with Crippen LogP contribution in [0.3, 0.4) is 0 Å². The fourth-order valence-electron chi connectivity index (χ4n) is 2.51. The van der Waals surface area contributed by atoms with Gasteiger partial charge in [-0.3, -0.25) is 4.79 Å². The molecular formula is C17H27NO. The summed E-state index contributed by atoms with van der Waals surface area (Å²) >= 11 is 0. The molecule has 2 nitrogen and oxygen atoms in total. The summed E-state index contributed by atoms with van der Waals surface area (Å²) in [5, 5.41) is 3.10. The molecule has 0 spiro atoms. The number of benzene rings is 1. The monoisotopic (exact) mass is 261 g/mol. The van der Waals surface area contributed by atoms with E-state index in [1.807, 2.05) is 37.3 Å². The molecule has 0 bridgehead atoms. The van der Waals surface area contributed by atoms with Crippen LogP contribution in [0.1, 0.15) is 46.1 Å². The minimum Gasteiger partial charge on any atom is -0.355 e. The molecule has 0 aliphatic rings. The average molecular weight is 261 g/mol. The van der Waals surface area contributed by atoms with Crippen molar-refractivity contribution < 1.29 is 4.79 Å². The first-order chi connectivity index (χ1) is 8.93. The molecule has 0 heterocycles. The molecule has 0 saturated heterocycles. The Labute approximate surface area is 117 Å². The van der Waals surface area contributed by atoms with E-state index in [4.69, 9.17) is 0 Å². The maximum Gasteiger partial charge on any atom is 0.227 e. The van der Waals surface area contributed by atoms with Crippen LogP contribution in [0.4, 0.5) is 0 Å². The molecule has 0 saturated carbocycles. The number of hydrogen-bond donors (Lipinski definition) is 1. The number of carbonyl (C=O) groups is 1. The molecule has 1 atom stereocenters. The summed E-state index contributed by atoms with van der Waals surface area (Å²) in [5.41, 5.74) is 1.07. The van der Waals surface area contributed by atoms with Gasteiger partial charge in [0.05, 0.1) is 5.92 Å². The van der Waals surface area contributed by atoms with Crippen molar-refractivity contribution in [3.63, 3.8) is 0 Å². The average Bonchev–Trinajstić information content (AvgIpc) is 2.38. The Hall–Kier alpha value is -1.31. The van der Waals surface area contributed by atoms with Crippen LogP contribution >= 0.6 is 0 Å². The zero-order valence-corrected chi connectivity index (χ0v) is 12.8. The van der Waals surface area contributed by atoms with Crippen molar-refractivity contribution in [2.75, 3.05) is 6.54 Å². The molecule has 2 heteroatoms. The third-order valence-electron chi connectivity index (χ3n) is 3.92. The van der Waals surface area contributed by atoms with E-state index in [0.717, 1.165) is 12.1 Å². The zero-order chi connectivity index (χ0) is 14.4. The van der Waals surface area contributed by atoms with Crippen LogP contribution in [-0.2, 0) is 4.79 Å². The zero-order valence-electron chi connectivity index (χ0n) is 12.8. The van der Waals surface area contributed by atoms with Gasteiger partial charge in [0, 0.05) is 6.54 Å². The molecule has 0 aromatic heterocycles. The standard InChI is InChI=1S/C17H27NO/c1-12(2)16(13(3)4)11-18-17(19)14(5)15-9-7-6-8-10-15/h6-10,12-14,16H,11H2,1-5H3,(H,18,19). The molecular weight excluding hydrogens is 234 g/mol. The third-order valence-corrected chi connectivity index (χ3v) is 3.92. The lowest BCUT2D eigenvalue weighted by atomic mass is 9.85. The second kappa shape index (κ2) is 7.32. The Kier molecular flexibility index (Phi) is 6.07. The van der Waals surface area contributed by atoms with Gasteiger partial charge in [-0.1, -0.05) is 58.0 Å². The van der Waals surface area contributed by atoms with Gasteiger partial charge in [0.25, 0.3) is 0 Å². The minimum atomic E-state index is -0.0822. The summed E-state index contributed by atoms with van der Waals surface area (Å²) in [5.74, 6) is 1.75. The Morgan fingerprint density at radius 2 is 1.53 bits per heavy atom. The van der Waals surface area contributed by atoms with Gasteiger partial charge in [0.2, 0.25) is 5.91 Å². The lowest BCUT2D eigenvalue weighted by molar-refractivity contribution is -0.122. The van der Waals surface area contributed by atoms with Crippen LogP contribution in [0.5, 0.6) is 0 Å². The quantitative estimate of drug-likeness (QED) is 0.828. The predicted molar refractivity (Wildman–Crippen MR) is 81.0 cm³/mol. The Bertz CT molecular complexity index is 376. The van der Waals surface area contributed by atoms with Gasteiger partial charge in [-0.2, -0.15) is 0 Å². The molecule has 1 amide bonds. The molecule has 106 valence electrons. The minimum absolute atomic E-state index is 0.0822. The summed E-state index contributed by atoms with van der Waals surface area (Å²) in [6, 6.07) is 9.94. The van der Waals surface area contributed by atoms with Gasteiger partial charge in [0.1, 0.15) is 0 Å². The van der Waals surface area contributed by atoms with Gasteiger partial charge >= 0.3 is 0 Å². The van der Waals surface area contributed by atoms with Crippen LogP contribution in [0.25, 0.3) is 0 Å². The topological polar surface area (TPSA) is 29.1 Å². The van der Waals surface area contributed by atoms with E-state index in [2.05, 4.69) is 33.0 Å². The Morgan fingerprint density at radius 3 is 2.00 bits per heavy atom. The Balaban J connectivity index is 2.56. The van der Waals surface area contributed by atoms with E-state index in [1.165, 1.54) is 0 Å². The van der Waals surface area contributed by atoms with Crippen molar-refractivity contribution in [1.82, 2.24) is 5.32 Å². The van der Waals surface area contributed by atoms with E-state index in [9.17, 15) is 4.79 Å². The van der Waals surface area contributed by atoms with Crippen LogP contribution < -0.4 is 5.32 Å². The molecule has 0 fully saturated rings. The number of hydrogen-bond acceptors (Lipinski definition) is 1. The van der Waals surface area contributed by atoms with Gasteiger partial charge in [0.15, 0.2) is 0 Å². The number of nitrogens with one attached hydrogen (secondary N) is 1. The molecule has 1 aromatic carbocycles. The fraction of sp³-hybridized carbons (Fsp3) is 0.588. The molecule has 1 N–H and O–H groups in total. The van der Waals surface area contributed by atoms with Crippen molar-refractivity contribution >= 4 is 5.91 Å². The van der Waals surface area contributed by atoms with Crippen LogP contribution in [0, 0.1) is 17.8 Å². The highest BCUT2D eigenvalue weighted by atomic mass is 16.1. The van der Waals surface area contributed by atoms with Gasteiger partial charge in [-0.15, -0.1) is 0 Å². The van der Waals surface area contributed by atoms with E-state index < -0.39 is 0 Å². The molecule has 1 unspecified atom stereocenters. The van der Waals surface area contributed by atoms with Crippen LogP contribution in [0.2, 0.25) is 0 Å². The van der Waals surface area contributed by atoms with Gasteiger partial charge in [-0.05, 0) is 30.2 Å². The highest BCUT2D eigenvalue weighted by Gasteiger charge is 2.20. The second-order valence-electron chi connectivity index (χ2n) is 6.03. The molecule has 0 aliphatic heterocycles. The molecule has 1 rings (SSSR count). The van der Waals surface area contributed by atoms with Crippen molar-refractivity contribution in [2.45, 2.75) is 40.5 Å². The lowest BCUT2D eigenvalue weighted by Crippen LogP contribution is -2.36. The molecule has 1 aromatic rings. The number of rotatable bonds is 6. The van der Waals surface area contributed by atoms with Crippen molar-refractivity contribution in [3.8, 4) is 0 Å². The van der Waals surface area contributed by atoms with Crippen LogP contribution in [0.15, 0.2) is 30.3 Å². The summed E-state index contributed by atoms with van der Waals surface area (Å²) in [7, 11) is 0. The van der Waals surface area contributed by atoms with Gasteiger partial charge in [-0.25, -0.2) is 0 Å². The molecule has 0 aliphatic carbocycles. The smallest absolute Gasteiger partial charge is 0.227 e. The SMILES string of the molecule is CC(C(=O)NCC(C(C)C)C(C)C)c1ccccc1. The normalized spacial score (nSPS) is 13.1. The fourth-order valence-corrected chi connectivity index (χ4v) is 2.51. The third kappa shape index (κ3) is 4.70. The Morgan fingerprint density at radius 1 is 1.00 bits per heavy atom. The largest absolute Gasteiger partial charge is 0.355 e. The highest BCUT2D eigenvalue weighted by Crippen LogP contribution is 2.20. The predicted octanol–water partition coefficient (Wildman–Crippen LogP) is 3.83. The summed E-state index contributed by atoms with van der Waals surface area (Å²) in [6.45, 7) is 11.6.